The van der Waals surface area contributed by atoms with E-state index in [4.69, 9.17) is 11.3 Å². The number of hydrogen-bond acceptors (Lipinski definition) is 3. The second kappa shape index (κ2) is 16.1. The molecule has 40 heavy (non-hydrogen) atoms. The molecule has 0 radical (unpaired) electrons. The second-order valence-electron chi connectivity index (χ2n) is 14.2. The van der Waals surface area contributed by atoms with Crippen LogP contribution < -0.4 is 5.48 Å². The Balaban J connectivity index is 0.00000216. The van der Waals surface area contributed by atoms with Crippen LogP contribution in [0.1, 0.15) is 131 Å². The van der Waals surface area contributed by atoms with E-state index in [1.165, 1.54) is 77.0 Å². The van der Waals surface area contributed by atoms with Crippen LogP contribution in [0.3, 0.4) is 0 Å². The molecule has 0 amide bonds. The zero-order chi connectivity index (χ0) is 29.2. The van der Waals surface area contributed by atoms with Crippen molar-refractivity contribution < 1.29 is 9.63 Å². The Morgan fingerprint density at radius 3 is 2.67 bits per heavy atom. The van der Waals surface area contributed by atoms with E-state index in [1.807, 2.05) is 13.8 Å². The van der Waals surface area contributed by atoms with Gasteiger partial charge in [-0.15, -0.1) is 20.9 Å². The van der Waals surface area contributed by atoms with E-state index in [0.717, 1.165) is 54.9 Å². The lowest BCUT2D eigenvalue weighted by Gasteiger charge is -2.58. The summed E-state index contributed by atoms with van der Waals surface area (Å²) in [5.74, 6) is 7.79. The summed E-state index contributed by atoms with van der Waals surface area (Å²) in [4.78, 5) is 17.2. The first-order chi connectivity index (χ1) is 19.3. The monoisotopic (exact) mass is 571 g/mol. The van der Waals surface area contributed by atoms with E-state index in [0.29, 0.717) is 31.7 Å². The van der Waals surface area contributed by atoms with Gasteiger partial charge in [0.2, 0.25) is 0 Å². The highest BCUT2D eigenvalue weighted by Gasteiger charge is 2.58. The second-order valence-corrected chi connectivity index (χ2v) is 15.5. The van der Waals surface area contributed by atoms with Gasteiger partial charge in [-0.2, -0.15) is 5.48 Å². The maximum Gasteiger partial charge on any atom is 0.325 e. The van der Waals surface area contributed by atoms with Crippen molar-refractivity contribution >= 4 is 14.6 Å². The van der Waals surface area contributed by atoms with Crippen LogP contribution in [-0.2, 0) is 9.63 Å². The maximum atomic E-state index is 11.9. The molecule has 0 saturated heterocycles. The van der Waals surface area contributed by atoms with Gasteiger partial charge >= 0.3 is 5.97 Å². The Morgan fingerprint density at radius 2 is 1.93 bits per heavy atom. The van der Waals surface area contributed by atoms with Crippen molar-refractivity contribution in [2.24, 2.45) is 46.3 Å². The van der Waals surface area contributed by atoms with Crippen molar-refractivity contribution in [1.82, 2.24) is 5.48 Å². The van der Waals surface area contributed by atoms with E-state index >= 15 is 0 Å². The Labute approximate surface area is 249 Å². The summed E-state index contributed by atoms with van der Waals surface area (Å²) in [5, 5.41) is 0. The fourth-order valence-corrected chi connectivity index (χ4v) is 10.0. The third-order valence-corrected chi connectivity index (χ3v) is 12.6. The minimum atomic E-state index is -0.152. The number of nitrogens with one attached hydrogen (secondary N) is 1. The highest BCUT2D eigenvalue weighted by molar-refractivity contribution is 7.38. The van der Waals surface area contributed by atoms with E-state index < -0.39 is 0 Å². The summed E-state index contributed by atoms with van der Waals surface area (Å²) in [5.41, 5.74) is 5.75. The average Bonchev–Trinajstić information content (AvgIpc) is 3.28. The van der Waals surface area contributed by atoms with Crippen LogP contribution >= 0.6 is 8.58 Å². The molecule has 0 aromatic heterocycles. The first-order valence-corrected chi connectivity index (χ1v) is 18.5. The molecular weight excluding hydrogens is 509 g/mol. The molecule has 228 valence electrons. The number of terminal acetylenes is 1. The van der Waals surface area contributed by atoms with E-state index in [1.54, 1.807) is 5.57 Å². The fourth-order valence-electron chi connectivity index (χ4n) is 9.31. The first kappa shape index (κ1) is 33.7. The molecule has 1 N–H and O–H groups in total. The van der Waals surface area contributed by atoms with Gasteiger partial charge < -0.3 is 4.84 Å². The largest absolute Gasteiger partial charge is 0.371 e. The lowest BCUT2D eigenvalue weighted by atomic mass is 9.47. The molecule has 8 atom stereocenters. The average molecular weight is 572 g/mol. The van der Waals surface area contributed by atoms with Gasteiger partial charge in [-0.05, 0) is 117 Å². The quantitative estimate of drug-likeness (QED) is 0.0786. The Hall–Kier alpha value is -0.840. The van der Waals surface area contributed by atoms with Crippen LogP contribution in [0.5, 0.6) is 0 Å². The van der Waals surface area contributed by atoms with E-state index in [2.05, 4.69) is 45.2 Å². The first-order valence-electron chi connectivity index (χ1n) is 17.0. The summed E-state index contributed by atoms with van der Waals surface area (Å²) in [6, 6.07) is 0. The molecular formula is C36H62NO2P. The van der Waals surface area contributed by atoms with E-state index in [-0.39, 0.29) is 5.97 Å². The minimum Gasteiger partial charge on any atom is -0.371 e. The predicted molar refractivity (Wildman–Crippen MR) is 174 cm³/mol. The summed E-state index contributed by atoms with van der Waals surface area (Å²) in [7, 11) is 0.655. The van der Waals surface area contributed by atoms with Gasteiger partial charge in [-0.25, -0.2) is 0 Å². The molecule has 0 aromatic rings. The SMILES string of the molecule is C#CCPCCC(=O)ONCCC1CCC2(C)C(=CCC3C2CCC2(C)C(CCCCC(C)C)CCC32)C1.CC. The highest BCUT2D eigenvalue weighted by atomic mass is 31.1. The van der Waals surface area contributed by atoms with Crippen molar-refractivity contribution in [2.45, 2.75) is 131 Å². The van der Waals surface area contributed by atoms with Gasteiger partial charge in [-0.3, -0.25) is 4.79 Å². The molecule has 8 unspecified atom stereocenters. The number of allylic oxidation sites excluding steroid dienone is 2. The normalized spacial score (nSPS) is 34.8. The minimum absolute atomic E-state index is 0.152. The zero-order valence-corrected chi connectivity index (χ0v) is 28.0. The Kier molecular flexibility index (Phi) is 13.6. The summed E-state index contributed by atoms with van der Waals surface area (Å²) >= 11 is 0. The van der Waals surface area contributed by atoms with Crippen LogP contribution in [-0.4, -0.2) is 24.8 Å². The van der Waals surface area contributed by atoms with Crippen LogP contribution in [0.4, 0.5) is 0 Å². The predicted octanol–water partition coefficient (Wildman–Crippen LogP) is 9.56. The fraction of sp³-hybridized carbons (Fsp3) is 0.861. The van der Waals surface area contributed by atoms with Crippen molar-refractivity contribution in [3.63, 3.8) is 0 Å². The number of unbranched alkanes of at least 4 members (excludes halogenated alkanes) is 1. The summed E-state index contributed by atoms with van der Waals surface area (Å²) < 4.78 is 0. The third kappa shape index (κ3) is 8.16. The van der Waals surface area contributed by atoms with Crippen molar-refractivity contribution in [3.8, 4) is 12.3 Å². The molecule has 3 saturated carbocycles. The van der Waals surface area contributed by atoms with Crippen LogP contribution in [0.15, 0.2) is 11.6 Å². The lowest BCUT2D eigenvalue weighted by molar-refractivity contribution is -0.150. The highest BCUT2D eigenvalue weighted by Crippen LogP contribution is 2.67. The van der Waals surface area contributed by atoms with Crippen molar-refractivity contribution in [3.05, 3.63) is 11.6 Å². The number of carbonyl (C=O) groups excluding carboxylic acids is 1. The molecule has 3 fully saturated rings. The number of fused-ring (bicyclic) bond motifs is 5. The van der Waals surface area contributed by atoms with Crippen LogP contribution in [0.25, 0.3) is 0 Å². The molecule has 0 aromatic carbocycles. The maximum absolute atomic E-state index is 11.9. The number of carbonyl (C=O) groups is 1. The molecule has 0 aliphatic heterocycles. The smallest absolute Gasteiger partial charge is 0.325 e. The Morgan fingerprint density at radius 1 is 1.12 bits per heavy atom. The molecule has 4 rings (SSSR count). The molecule has 0 bridgehead atoms. The number of hydroxylamine groups is 1. The Bertz CT molecular complexity index is 861. The van der Waals surface area contributed by atoms with Gasteiger partial charge in [0.1, 0.15) is 0 Å². The summed E-state index contributed by atoms with van der Waals surface area (Å²) in [6.45, 7) is 14.8. The molecule has 0 spiro atoms. The van der Waals surface area contributed by atoms with Gasteiger partial charge in [0.25, 0.3) is 0 Å². The third-order valence-electron chi connectivity index (χ3n) is 11.6. The topological polar surface area (TPSA) is 38.3 Å². The van der Waals surface area contributed by atoms with Crippen molar-refractivity contribution in [2.75, 3.05) is 18.9 Å². The number of rotatable bonds is 13. The zero-order valence-electron chi connectivity index (χ0n) is 27.0. The van der Waals surface area contributed by atoms with Crippen molar-refractivity contribution in [1.29, 1.82) is 0 Å². The molecule has 4 heteroatoms. The lowest BCUT2D eigenvalue weighted by Crippen LogP contribution is -2.50. The van der Waals surface area contributed by atoms with E-state index in [9.17, 15) is 4.79 Å². The van der Waals surface area contributed by atoms with Gasteiger partial charge in [-0.1, -0.05) is 72.5 Å². The number of hydrogen-bond donors (Lipinski definition) is 1. The van der Waals surface area contributed by atoms with Gasteiger partial charge in [0.15, 0.2) is 0 Å². The molecule has 4 aliphatic carbocycles. The molecule has 0 heterocycles. The van der Waals surface area contributed by atoms with Crippen LogP contribution in [0, 0.1) is 58.7 Å². The summed E-state index contributed by atoms with van der Waals surface area (Å²) in [6.07, 6.45) is 28.1. The molecule has 4 aliphatic rings. The standard InChI is InChI=1S/C34H56NO2P.C2H6/c1-6-22-38-23-18-32(36)37-35-21-17-26-15-19-34(5)28(24-26)11-13-29-30-14-12-27(10-8-7-9-25(2)3)33(30,4)20-16-31(29)34;1-2/h1,11,25-27,29-31,35,38H,7-10,12-24H2,2-5H3;1-2H3. The van der Waals surface area contributed by atoms with Gasteiger partial charge in [0, 0.05) is 12.7 Å². The molecule has 3 nitrogen and oxygen atoms in total. The van der Waals surface area contributed by atoms with Gasteiger partial charge in [0.05, 0.1) is 6.42 Å². The van der Waals surface area contributed by atoms with Crippen LogP contribution in [0.2, 0.25) is 0 Å².